The summed E-state index contributed by atoms with van der Waals surface area (Å²) in [7, 11) is -0.645. The zero-order chi connectivity index (χ0) is 15.4. The summed E-state index contributed by atoms with van der Waals surface area (Å²) < 4.78 is 11.7. The molecule has 0 N–H and O–H groups in total. The highest BCUT2D eigenvalue weighted by molar-refractivity contribution is 7.85. The van der Waals surface area contributed by atoms with Crippen LogP contribution in [0.15, 0.2) is 0 Å². The molecule has 122 valence electrons. The van der Waals surface area contributed by atoms with Crippen molar-refractivity contribution in [3.8, 4) is 0 Å². The van der Waals surface area contributed by atoms with Gasteiger partial charge < -0.3 is 4.90 Å². The quantitative estimate of drug-likeness (QED) is 0.838. The number of aryl methyl sites for hydroxylation is 2. The largest absolute Gasteiger partial charge is 0.354 e. The van der Waals surface area contributed by atoms with Gasteiger partial charge in [-0.1, -0.05) is 0 Å². The molecular weight excluding hydrogens is 326 g/mol. The Morgan fingerprint density at radius 3 is 2.65 bits per heavy atom. The second kappa shape index (κ2) is 5.52. The van der Waals surface area contributed by atoms with Gasteiger partial charge in [-0.2, -0.15) is 0 Å². The Labute approximate surface area is 142 Å². The molecule has 1 saturated carbocycles. The van der Waals surface area contributed by atoms with Crippen LogP contribution in [0.5, 0.6) is 0 Å². The number of aromatic nitrogens is 2. The first kappa shape index (κ1) is 14.3. The average Bonchev–Trinajstić information content (AvgIpc) is 3.35. The number of hydrogen-bond donors (Lipinski definition) is 0. The maximum Gasteiger partial charge on any atom is 0.141 e. The summed E-state index contributed by atoms with van der Waals surface area (Å²) in [4.78, 5) is 15.1. The van der Waals surface area contributed by atoms with Crippen molar-refractivity contribution in [1.29, 1.82) is 0 Å². The lowest BCUT2D eigenvalue weighted by molar-refractivity contribution is 0.672. The van der Waals surface area contributed by atoms with Gasteiger partial charge >= 0.3 is 0 Å². The van der Waals surface area contributed by atoms with Crippen LogP contribution in [-0.2, 0) is 23.6 Å². The molecule has 5 rings (SSSR count). The van der Waals surface area contributed by atoms with Gasteiger partial charge in [-0.3, -0.25) is 4.21 Å². The van der Waals surface area contributed by atoms with E-state index in [1.165, 1.54) is 59.2 Å². The summed E-state index contributed by atoms with van der Waals surface area (Å²) in [5.41, 5.74) is 1.51. The molecule has 6 heteroatoms. The SMILES string of the molecule is O=S1CCN(c2nc(C3CC3)nc3sc4c(c23)CCCC4)CC1. The fraction of sp³-hybridized carbons (Fsp3) is 0.647. The maximum atomic E-state index is 11.7. The minimum atomic E-state index is -0.645. The molecule has 1 saturated heterocycles. The predicted molar refractivity (Wildman–Crippen MR) is 96.1 cm³/mol. The van der Waals surface area contributed by atoms with E-state index in [0.29, 0.717) is 5.92 Å². The summed E-state index contributed by atoms with van der Waals surface area (Å²) >= 11 is 1.90. The Kier molecular flexibility index (Phi) is 3.44. The fourth-order valence-electron chi connectivity index (χ4n) is 3.76. The van der Waals surface area contributed by atoms with Gasteiger partial charge in [0, 0.05) is 46.2 Å². The first-order chi connectivity index (χ1) is 11.3. The van der Waals surface area contributed by atoms with Crippen molar-refractivity contribution in [3.63, 3.8) is 0 Å². The van der Waals surface area contributed by atoms with Gasteiger partial charge in [0.2, 0.25) is 0 Å². The van der Waals surface area contributed by atoms with E-state index < -0.39 is 10.8 Å². The van der Waals surface area contributed by atoms with Crippen molar-refractivity contribution in [2.24, 2.45) is 0 Å². The maximum absolute atomic E-state index is 11.7. The molecule has 2 aliphatic carbocycles. The summed E-state index contributed by atoms with van der Waals surface area (Å²) in [5, 5.41) is 1.32. The molecule has 2 fully saturated rings. The third-order valence-corrected chi connectivity index (χ3v) is 7.69. The minimum Gasteiger partial charge on any atom is -0.354 e. The molecule has 3 aliphatic rings. The van der Waals surface area contributed by atoms with E-state index in [1.54, 1.807) is 0 Å². The van der Waals surface area contributed by atoms with Crippen molar-refractivity contribution in [3.05, 3.63) is 16.3 Å². The molecule has 3 heterocycles. The van der Waals surface area contributed by atoms with Crippen LogP contribution in [-0.4, -0.2) is 38.8 Å². The molecule has 0 spiro atoms. The molecule has 4 nitrogen and oxygen atoms in total. The molecule has 0 unspecified atom stereocenters. The van der Waals surface area contributed by atoms with Crippen molar-refractivity contribution < 1.29 is 4.21 Å². The highest BCUT2D eigenvalue weighted by atomic mass is 32.2. The Balaban J connectivity index is 1.67. The van der Waals surface area contributed by atoms with Crippen LogP contribution in [0.4, 0.5) is 5.82 Å². The van der Waals surface area contributed by atoms with E-state index in [-0.39, 0.29) is 0 Å². The molecule has 2 aromatic rings. The molecule has 2 aromatic heterocycles. The van der Waals surface area contributed by atoms with Crippen LogP contribution >= 0.6 is 11.3 Å². The average molecular weight is 348 g/mol. The van der Waals surface area contributed by atoms with Gasteiger partial charge in [0.05, 0.1) is 5.39 Å². The molecular formula is C17H21N3OS2. The molecule has 0 amide bonds. The van der Waals surface area contributed by atoms with E-state index in [4.69, 9.17) is 9.97 Å². The minimum absolute atomic E-state index is 0.580. The highest BCUT2D eigenvalue weighted by Crippen LogP contribution is 2.44. The van der Waals surface area contributed by atoms with E-state index in [9.17, 15) is 4.21 Å². The molecule has 0 bridgehead atoms. The number of hydrogen-bond acceptors (Lipinski definition) is 5. The first-order valence-corrected chi connectivity index (χ1v) is 11.0. The number of rotatable bonds is 2. The Morgan fingerprint density at radius 1 is 1.09 bits per heavy atom. The number of anilines is 1. The van der Waals surface area contributed by atoms with Gasteiger partial charge in [0.15, 0.2) is 0 Å². The number of nitrogens with zero attached hydrogens (tertiary/aromatic N) is 3. The molecule has 23 heavy (non-hydrogen) atoms. The zero-order valence-corrected chi connectivity index (χ0v) is 14.8. The van der Waals surface area contributed by atoms with Gasteiger partial charge in [0.1, 0.15) is 16.5 Å². The highest BCUT2D eigenvalue weighted by Gasteiger charge is 2.31. The predicted octanol–water partition coefficient (Wildman–Crippen LogP) is 3.02. The summed E-state index contributed by atoms with van der Waals surface area (Å²) in [6.45, 7) is 1.74. The molecule has 0 atom stereocenters. The van der Waals surface area contributed by atoms with E-state index in [1.807, 2.05) is 11.3 Å². The summed E-state index contributed by atoms with van der Waals surface area (Å²) in [5.74, 6) is 4.33. The lowest BCUT2D eigenvalue weighted by Gasteiger charge is -2.28. The van der Waals surface area contributed by atoms with Gasteiger partial charge in [-0.15, -0.1) is 11.3 Å². The first-order valence-electron chi connectivity index (χ1n) is 8.72. The smallest absolute Gasteiger partial charge is 0.141 e. The van der Waals surface area contributed by atoms with Gasteiger partial charge in [-0.05, 0) is 44.1 Å². The second-order valence-electron chi connectivity index (χ2n) is 6.91. The van der Waals surface area contributed by atoms with E-state index in [2.05, 4.69) is 4.90 Å². The van der Waals surface area contributed by atoms with Crippen molar-refractivity contribution >= 4 is 38.2 Å². The number of fused-ring (bicyclic) bond motifs is 3. The third kappa shape index (κ3) is 2.50. The van der Waals surface area contributed by atoms with Gasteiger partial charge in [-0.25, -0.2) is 9.97 Å². The van der Waals surface area contributed by atoms with Crippen LogP contribution in [0.1, 0.15) is 47.9 Å². The Hall–Kier alpha value is -1.01. The molecule has 0 aromatic carbocycles. The lowest BCUT2D eigenvalue weighted by atomic mass is 9.97. The third-order valence-electron chi connectivity index (χ3n) is 5.23. The summed E-state index contributed by atoms with van der Waals surface area (Å²) in [6.07, 6.45) is 7.44. The van der Waals surface area contributed by atoms with Crippen LogP contribution in [0.2, 0.25) is 0 Å². The van der Waals surface area contributed by atoms with Crippen molar-refractivity contribution in [2.75, 3.05) is 29.5 Å². The van der Waals surface area contributed by atoms with Gasteiger partial charge in [0.25, 0.3) is 0 Å². The zero-order valence-electron chi connectivity index (χ0n) is 13.2. The van der Waals surface area contributed by atoms with E-state index >= 15 is 0 Å². The fourth-order valence-corrected chi connectivity index (χ4v) is 6.07. The standard InChI is InChI=1S/C17H21N3OS2/c21-23-9-7-20(8-10-23)16-14-12-3-1-2-4-13(12)22-17(14)19-15(18-16)11-5-6-11/h11H,1-10H2. The number of thiophene rings is 1. The normalized spacial score (nSPS) is 22.5. The van der Waals surface area contributed by atoms with Crippen molar-refractivity contribution in [2.45, 2.75) is 44.4 Å². The topological polar surface area (TPSA) is 46.1 Å². The monoisotopic (exact) mass is 347 g/mol. The van der Waals surface area contributed by atoms with Crippen molar-refractivity contribution in [1.82, 2.24) is 9.97 Å². The second-order valence-corrected chi connectivity index (χ2v) is 9.69. The van der Waals surface area contributed by atoms with Crippen LogP contribution in [0.3, 0.4) is 0 Å². The Bertz CT molecular complexity index is 787. The molecule has 0 radical (unpaired) electrons. The van der Waals surface area contributed by atoms with Crippen LogP contribution in [0, 0.1) is 0 Å². The van der Waals surface area contributed by atoms with Crippen LogP contribution < -0.4 is 4.90 Å². The molecule has 1 aliphatic heterocycles. The van der Waals surface area contributed by atoms with E-state index in [0.717, 1.165) is 36.2 Å². The van der Waals surface area contributed by atoms with Crippen LogP contribution in [0.25, 0.3) is 10.2 Å². The summed E-state index contributed by atoms with van der Waals surface area (Å²) in [6, 6.07) is 0. The lowest BCUT2D eigenvalue weighted by Crippen LogP contribution is -2.38. The Morgan fingerprint density at radius 2 is 1.87 bits per heavy atom.